The number of hydrogen-bond acceptors (Lipinski definition) is 6. The van der Waals surface area contributed by atoms with Crippen molar-refractivity contribution in [3.63, 3.8) is 0 Å². The van der Waals surface area contributed by atoms with Gasteiger partial charge in [0.05, 0.1) is 34.6 Å². The summed E-state index contributed by atoms with van der Waals surface area (Å²) in [6.45, 7) is 3.43. The van der Waals surface area contributed by atoms with Gasteiger partial charge in [0.25, 0.3) is 0 Å². The van der Waals surface area contributed by atoms with Crippen molar-refractivity contribution in [2.75, 3.05) is 44.3 Å². The van der Waals surface area contributed by atoms with Crippen molar-refractivity contribution in [3.05, 3.63) is 87.7 Å². The number of halogens is 5. The van der Waals surface area contributed by atoms with Crippen molar-refractivity contribution >= 4 is 28.9 Å². The highest BCUT2D eigenvalue weighted by Gasteiger charge is 2.36. The molecule has 0 spiro atoms. The Bertz CT molecular complexity index is 1220. The lowest BCUT2D eigenvalue weighted by Gasteiger charge is -2.45. The molecule has 1 fully saturated rings. The lowest BCUT2D eigenvalue weighted by molar-refractivity contribution is -0.137. The van der Waals surface area contributed by atoms with Crippen molar-refractivity contribution in [2.45, 2.75) is 24.7 Å². The number of aromatic nitrogens is 1. The molecule has 11 heteroatoms. The van der Waals surface area contributed by atoms with Crippen LogP contribution in [0.1, 0.15) is 29.8 Å². The van der Waals surface area contributed by atoms with Gasteiger partial charge in [-0.2, -0.15) is 13.2 Å². The zero-order valence-electron chi connectivity index (χ0n) is 20.6. The first kappa shape index (κ1) is 28.4. The highest BCUT2D eigenvalue weighted by Crippen LogP contribution is 2.38. The summed E-state index contributed by atoms with van der Waals surface area (Å²) in [5.41, 5.74) is -0.377. The van der Waals surface area contributed by atoms with Crippen LogP contribution in [0.4, 0.5) is 18.9 Å². The molecule has 1 aromatic heterocycles. The fourth-order valence-electron chi connectivity index (χ4n) is 4.61. The molecule has 0 unspecified atom stereocenters. The van der Waals surface area contributed by atoms with Crippen LogP contribution in [0.5, 0.6) is 5.75 Å². The third-order valence-corrected chi connectivity index (χ3v) is 7.04. The number of anilines is 1. The van der Waals surface area contributed by atoms with Gasteiger partial charge in [-0.1, -0.05) is 35.3 Å². The zero-order chi connectivity index (χ0) is 27.5. The van der Waals surface area contributed by atoms with Gasteiger partial charge in [0.2, 0.25) is 0 Å². The van der Waals surface area contributed by atoms with Gasteiger partial charge in [-0.3, -0.25) is 9.88 Å². The minimum atomic E-state index is -4.50. The molecule has 1 aliphatic rings. The van der Waals surface area contributed by atoms with E-state index in [2.05, 4.69) is 14.8 Å². The van der Waals surface area contributed by atoms with E-state index >= 15 is 0 Å². The van der Waals surface area contributed by atoms with Gasteiger partial charge in [0.1, 0.15) is 18.0 Å². The van der Waals surface area contributed by atoms with Crippen LogP contribution in [0, 0.1) is 0 Å². The summed E-state index contributed by atoms with van der Waals surface area (Å²) < 4.78 is 44.3. The number of nitrogens with zero attached hydrogens (tertiary/aromatic N) is 3. The molecule has 0 saturated carbocycles. The van der Waals surface area contributed by atoms with Crippen LogP contribution in [-0.4, -0.2) is 59.5 Å². The number of pyridine rings is 1. The molecule has 0 bridgehead atoms. The van der Waals surface area contributed by atoms with E-state index in [0.717, 1.165) is 23.5 Å². The van der Waals surface area contributed by atoms with Crippen LogP contribution in [-0.2, 0) is 11.8 Å². The second-order valence-electron chi connectivity index (χ2n) is 9.38. The van der Waals surface area contributed by atoms with Crippen LogP contribution < -0.4 is 9.64 Å². The summed E-state index contributed by atoms with van der Waals surface area (Å²) in [6, 6.07) is 14.9. The van der Waals surface area contributed by atoms with Crippen molar-refractivity contribution in [1.82, 2.24) is 9.88 Å². The van der Waals surface area contributed by atoms with E-state index in [4.69, 9.17) is 33.0 Å². The molecule has 0 radical (unpaired) electrons. The van der Waals surface area contributed by atoms with Gasteiger partial charge in [-0.15, -0.1) is 0 Å². The lowest BCUT2D eigenvalue weighted by Crippen LogP contribution is -2.52. The number of rotatable bonds is 8. The number of alkyl halides is 3. The fraction of sp³-hybridized carbons (Fsp3) is 0.370. The second kappa shape index (κ2) is 11.7. The molecule has 2 heterocycles. The normalized spacial score (nSPS) is 18.3. The van der Waals surface area contributed by atoms with E-state index in [1.165, 1.54) is 6.07 Å². The first-order chi connectivity index (χ1) is 18.0. The first-order valence-corrected chi connectivity index (χ1v) is 12.8. The summed E-state index contributed by atoms with van der Waals surface area (Å²) in [4.78, 5) is 8.13. The summed E-state index contributed by atoms with van der Waals surface area (Å²) in [6.07, 6.45) is -3.75. The van der Waals surface area contributed by atoms with Crippen LogP contribution in [0.15, 0.2) is 60.8 Å². The Kier molecular flexibility index (Phi) is 8.74. The van der Waals surface area contributed by atoms with Crippen molar-refractivity contribution in [3.8, 4) is 5.75 Å². The summed E-state index contributed by atoms with van der Waals surface area (Å²) in [7, 11) is 0. The Balaban J connectivity index is 1.57. The van der Waals surface area contributed by atoms with Crippen LogP contribution in [0.3, 0.4) is 0 Å². The van der Waals surface area contributed by atoms with Crippen LogP contribution in [0.25, 0.3) is 0 Å². The average Bonchev–Trinajstić information content (AvgIpc) is 2.87. The molecule has 0 amide bonds. The van der Waals surface area contributed by atoms with E-state index in [0.29, 0.717) is 35.4 Å². The van der Waals surface area contributed by atoms with Gasteiger partial charge in [-0.05, 0) is 48.9 Å². The fourth-order valence-corrected chi connectivity index (χ4v) is 5.02. The molecule has 2 aromatic carbocycles. The average molecular weight is 570 g/mol. The largest absolute Gasteiger partial charge is 0.491 e. The number of benzene rings is 2. The quantitative estimate of drug-likeness (QED) is 0.371. The molecule has 6 nitrogen and oxygen atoms in total. The maximum atomic E-state index is 12.9. The van der Waals surface area contributed by atoms with E-state index in [1.54, 1.807) is 19.1 Å². The standard InChI is InChI=1S/C27H28Cl2F3N3O3/c1-26(37,25-9-4-19(15-33-25)27(30,31)32)17-34-10-11-35(24(16-34)18-2-5-20(28)6-3-18)23-8-7-21(14-22(23)29)38-13-12-36/h2-9,14-15,24,36-37H,10-13,16-17H2,1H3/t24-,26+/m0/s1. The van der Waals surface area contributed by atoms with E-state index in [-0.39, 0.29) is 31.5 Å². The summed E-state index contributed by atoms with van der Waals surface area (Å²) in [5, 5.41) is 21.3. The number of aliphatic hydroxyl groups is 2. The summed E-state index contributed by atoms with van der Waals surface area (Å²) >= 11 is 12.8. The maximum absolute atomic E-state index is 12.9. The highest BCUT2D eigenvalue weighted by atomic mass is 35.5. The van der Waals surface area contributed by atoms with Crippen molar-refractivity contribution < 1.29 is 28.1 Å². The minimum absolute atomic E-state index is 0.105. The maximum Gasteiger partial charge on any atom is 0.417 e. The van der Waals surface area contributed by atoms with Gasteiger partial charge >= 0.3 is 6.18 Å². The van der Waals surface area contributed by atoms with Gasteiger partial charge < -0.3 is 19.8 Å². The first-order valence-electron chi connectivity index (χ1n) is 12.0. The van der Waals surface area contributed by atoms with Crippen molar-refractivity contribution in [1.29, 1.82) is 0 Å². The Morgan fingerprint density at radius 2 is 1.79 bits per heavy atom. The minimum Gasteiger partial charge on any atom is -0.491 e. The Hall–Kier alpha value is -2.56. The molecular formula is C27H28Cl2F3N3O3. The Morgan fingerprint density at radius 3 is 2.39 bits per heavy atom. The molecule has 1 saturated heterocycles. The van der Waals surface area contributed by atoms with E-state index in [1.807, 2.05) is 30.3 Å². The second-order valence-corrected chi connectivity index (χ2v) is 10.2. The van der Waals surface area contributed by atoms with Crippen LogP contribution in [0.2, 0.25) is 10.0 Å². The molecule has 0 aliphatic carbocycles. The van der Waals surface area contributed by atoms with Gasteiger partial charge in [0, 0.05) is 43.5 Å². The smallest absolute Gasteiger partial charge is 0.417 e. The van der Waals surface area contributed by atoms with Gasteiger partial charge in [-0.25, -0.2) is 0 Å². The molecule has 204 valence electrons. The number of aliphatic hydroxyl groups excluding tert-OH is 1. The van der Waals surface area contributed by atoms with E-state index < -0.39 is 17.3 Å². The number of piperazine rings is 1. The predicted molar refractivity (Wildman–Crippen MR) is 141 cm³/mol. The van der Waals surface area contributed by atoms with Gasteiger partial charge in [0.15, 0.2) is 0 Å². The Morgan fingerprint density at radius 1 is 1.05 bits per heavy atom. The third kappa shape index (κ3) is 6.71. The van der Waals surface area contributed by atoms with Crippen LogP contribution >= 0.6 is 23.2 Å². The number of ether oxygens (including phenoxy) is 1. The monoisotopic (exact) mass is 569 g/mol. The molecule has 1 aliphatic heterocycles. The van der Waals surface area contributed by atoms with E-state index in [9.17, 15) is 18.3 Å². The molecule has 2 N–H and O–H groups in total. The number of hydrogen-bond donors (Lipinski definition) is 2. The molecule has 3 aromatic rings. The summed E-state index contributed by atoms with van der Waals surface area (Å²) in [5.74, 6) is 0.551. The topological polar surface area (TPSA) is 69.1 Å². The molecule has 38 heavy (non-hydrogen) atoms. The lowest BCUT2D eigenvalue weighted by atomic mass is 9.97. The molecule has 4 rings (SSSR count). The molecule has 2 atom stereocenters. The highest BCUT2D eigenvalue weighted by molar-refractivity contribution is 6.33. The van der Waals surface area contributed by atoms with Crippen molar-refractivity contribution in [2.24, 2.45) is 0 Å². The predicted octanol–water partition coefficient (Wildman–Crippen LogP) is 5.55. The zero-order valence-corrected chi connectivity index (χ0v) is 22.1. The molecular weight excluding hydrogens is 542 g/mol. The Labute approximate surface area is 229 Å². The number of β-amino-alcohol motifs (C(OH)–C–C–N with tert-alkyl or cyclic N) is 1. The third-order valence-electron chi connectivity index (χ3n) is 6.48. The SMILES string of the molecule is C[C@@](O)(CN1CCN(c2ccc(OCCO)cc2Cl)[C@H](c2ccc(Cl)cc2)C1)c1ccc(C(F)(F)F)cn1.